The van der Waals surface area contributed by atoms with E-state index in [1.807, 2.05) is 0 Å². The third-order valence-electron chi connectivity index (χ3n) is 4.30. The Morgan fingerprint density at radius 2 is 2.11 bits per heavy atom. The molecule has 1 aromatic carbocycles. The first-order chi connectivity index (χ1) is 12.7. The van der Waals surface area contributed by atoms with Crippen molar-refractivity contribution in [3.63, 3.8) is 0 Å². The van der Waals surface area contributed by atoms with Crippen LogP contribution in [0.2, 0.25) is 10.0 Å². The fourth-order valence-corrected chi connectivity index (χ4v) is 5.72. The number of halogens is 2. The molecule has 0 saturated carbocycles. The lowest BCUT2D eigenvalue weighted by Crippen LogP contribution is -2.23. The molecular weight excluding hydrogens is 431 g/mol. The van der Waals surface area contributed by atoms with E-state index < -0.39 is 15.1 Å². The molecule has 2 heterocycles. The van der Waals surface area contributed by atoms with Gasteiger partial charge in [-0.2, -0.15) is 0 Å². The van der Waals surface area contributed by atoms with E-state index in [9.17, 15) is 13.2 Å². The van der Waals surface area contributed by atoms with E-state index in [0.29, 0.717) is 33.1 Å². The summed E-state index contributed by atoms with van der Waals surface area (Å²) in [5.74, 6) is 0.483. The van der Waals surface area contributed by atoms with Crippen LogP contribution in [0, 0.1) is 0 Å². The highest BCUT2D eigenvalue weighted by molar-refractivity contribution is 8.00. The topological polar surface area (TPSA) is 93.9 Å². The molecule has 0 bridgehead atoms. The molecule has 146 valence electrons. The molecule has 1 fully saturated rings. The Hall–Kier alpha value is -1.29. The Bertz CT molecular complexity index is 978. The van der Waals surface area contributed by atoms with Gasteiger partial charge in [-0.1, -0.05) is 35.0 Å². The van der Waals surface area contributed by atoms with Crippen molar-refractivity contribution in [2.45, 2.75) is 29.7 Å². The van der Waals surface area contributed by atoms with Crippen molar-refractivity contribution in [2.75, 3.05) is 16.8 Å². The Kier molecular flexibility index (Phi) is 6.05. The van der Waals surface area contributed by atoms with Gasteiger partial charge in [0, 0.05) is 18.0 Å². The fourth-order valence-electron chi connectivity index (χ4n) is 2.82. The van der Waals surface area contributed by atoms with Crippen LogP contribution in [0.25, 0.3) is 0 Å². The zero-order chi connectivity index (χ0) is 19.8. The first kappa shape index (κ1) is 20.4. The molecule has 2 atom stereocenters. The second kappa shape index (κ2) is 7.98. The van der Waals surface area contributed by atoms with Gasteiger partial charge in [0.2, 0.25) is 5.91 Å². The van der Waals surface area contributed by atoms with E-state index in [0.717, 1.165) is 0 Å². The van der Waals surface area contributed by atoms with Crippen LogP contribution in [0.4, 0.5) is 5.69 Å². The number of carbonyl (C=O) groups excluding carboxylic acids is 1. The molecular formula is C16H18Cl2N4O3S2. The fraction of sp³-hybridized carbons (Fsp3) is 0.438. The number of thioether (sulfide) groups is 1. The van der Waals surface area contributed by atoms with Crippen LogP contribution in [-0.2, 0) is 21.7 Å². The first-order valence-electron chi connectivity index (χ1n) is 8.18. The second-order valence-electron chi connectivity index (χ2n) is 6.37. The molecule has 1 aliphatic rings. The molecule has 0 radical (unpaired) electrons. The number of aromatic nitrogens is 3. The Balaban J connectivity index is 1.68. The van der Waals surface area contributed by atoms with Gasteiger partial charge in [0.05, 0.1) is 27.5 Å². The molecule has 1 aromatic heterocycles. The molecule has 7 nitrogen and oxygen atoms in total. The third kappa shape index (κ3) is 4.77. The van der Waals surface area contributed by atoms with Gasteiger partial charge in [-0.05, 0) is 31.5 Å². The van der Waals surface area contributed by atoms with E-state index in [4.69, 9.17) is 23.2 Å². The summed E-state index contributed by atoms with van der Waals surface area (Å²) in [5.41, 5.74) is 0.441. The molecule has 27 heavy (non-hydrogen) atoms. The SMILES string of the molecule is CC(Sc1nnc(C2CCS(=O)(=O)C2)n1C)C(=O)Nc1cc(Cl)ccc1Cl. The summed E-state index contributed by atoms with van der Waals surface area (Å²) in [6.07, 6.45) is 0.544. The van der Waals surface area contributed by atoms with Crippen molar-refractivity contribution < 1.29 is 13.2 Å². The lowest BCUT2D eigenvalue weighted by Gasteiger charge is -2.13. The number of sulfone groups is 1. The summed E-state index contributed by atoms with van der Waals surface area (Å²) in [4.78, 5) is 12.5. The van der Waals surface area contributed by atoms with Crippen molar-refractivity contribution in [3.8, 4) is 0 Å². The molecule has 1 saturated heterocycles. The maximum atomic E-state index is 12.5. The highest BCUT2D eigenvalue weighted by Gasteiger charge is 2.33. The average Bonchev–Trinajstić information content (AvgIpc) is 3.13. The zero-order valence-corrected chi connectivity index (χ0v) is 17.8. The van der Waals surface area contributed by atoms with Crippen LogP contribution in [-0.4, -0.2) is 45.8 Å². The van der Waals surface area contributed by atoms with Crippen molar-refractivity contribution in [1.82, 2.24) is 14.8 Å². The van der Waals surface area contributed by atoms with Gasteiger partial charge in [0.25, 0.3) is 0 Å². The highest BCUT2D eigenvalue weighted by Crippen LogP contribution is 2.31. The van der Waals surface area contributed by atoms with E-state index >= 15 is 0 Å². The quantitative estimate of drug-likeness (QED) is 0.705. The predicted octanol–water partition coefficient (Wildman–Crippen LogP) is 3.14. The summed E-state index contributed by atoms with van der Waals surface area (Å²) in [6.45, 7) is 1.74. The largest absolute Gasteiger partial charge is 0.324 e. The minimum atomic E-state index is -3.01. The summed E-state index contributed by atoms with van der Waals surface area (Å²) in [6, 6.07) is 4.84. The Labute approximate surface area is 171 Å². The monoisotopic (exact) mass is 448 g/mol. The maximum Gasteiger partial charge on any atom is 0.237 e. The van der Waals surface area contributed by atoms with E-state index in [1.165, 1.54) is 11.8 Å². The second-order valence-corrected chi connectivity index (χ2v) is 10.8. The minimum absolute atomic E-state index is 0.0902. The number of amides is 1. The van der Waals surface area contributed by atoms with Crippen molar-refractivity contribution in [3.05, 3.63) is 34.1 Å². The zero-order valence-electron chi connectivity index (χ0n) is 14.6. The number of nitrogens with zero attached hydrogens (tertiary/aromatic N) is 3. The van der Waals surface area contributed by atoms with Gasteiger partial charge >= 0.3 is 0 Å². The summed E-state index contributed by atoms with van der Waals surface area (Å²) in [5, 5.41) is 12.0. The number of benzene rings is 1. The summed E-state index contributed by atoms with van der Waals surface area (Å²) >= 11 is 13.2. The normalized spacial score (nSPS) is 19.8. The van der Waals surface area contributed by atoms with Gasteiger partial charge in [-0.15, -0.1) is 10.2 Å². The van der Waals surface area contributed by atoms with Crippen molar-refractivity contribution in [1.29, 1.82) is 0 Å². The molecule has 1 aliphatic heterocycles. The number of rotatable bonds is 5. The van der Waals surface area contributed by atoms with Crippen LogP contribution < -0.4 is 5.32 Å². The summed E-state index contributed by atoms with van der Waals surface area (Å²) < 4.78 is 25.1. The molecule has 0 aliphatic carbocycles. The molecule has 1 amide bonds. The van der Waals surface area contributed by atoms with Gasteiger partial charge in [-0.25, -0.2) is 8.42 Å². The third-order valence-corrected chi connectivity index (χ3v) is 7.77. The molecule has 2 aromatic rings. The number of anilines is 1. The molecule has 3 rings (SSSR count). The lowest BCUT2D eigenvalue weighted by molar-refractivity contribution is -0.115. The van der Waals surface area contributed by atoms with Crippen LogP contribution in [0.1, 0.15) is 25.1 Å². The molecule has 1 N–H and O–H groups in total. The highest BCUT2D eigenvalue weighted by atomic mass is 35.5. The number of nitrogens with one attached hydrogen (secondary N) is 1. The van der Waals surface area contributed by atoms with Crippen molar-refractivity contribution >= 4 is 56.4 Å². The molecule has 11 heteroatoms. The summed E-state index contributed by atoms with van der Waals surface area (Å²) in [7, 11) is -1.23. The van der Waals surface area contributed by atoms with E-state index in [1.54, 1.807) is 36.7 Å². The van der Waals surface area contributed by atoms with Crippen LogP contribution in [0.5, 0.6) is 0 Å². The minimum Gasteiger partial charge on any atom is -0.324 e. The lowest BCUT2D eigenvalue weighted by atomic mass is 10.1. The van der Waals surface area contributed by atoms with Gasteiger partial charge in [-0.3, -0.25) is 4.79 Å². The standard InChI is InChI=1S/C16H18Cl2N4O3S2/c1-9(15(23)19-13-7-11(17)3-4-12(13)18)26-16-21-20-14(22(16)2)10-5-6-27(24,25)8-10/h3-4,7,9-10H,5-6,8H2,1-2H3,(H,19,23). The van der Waals surface area contributed by atoms with Crippen LogP contribution in [0.15, 0.2) is 23.4 Å². The number of hydrogen-bond donors (Lipinski definition) is 1. The van der Waals surface area contributed by atoms with Gasteiger partial charge < -0.3 is 9.88 Å². The Morgan fingerprint density at radius 3 is 2.78 bits per heavy atom. The predicted molar refractivity (Wildman–Crippen MR) is 107 cm³/mol. The first-order valence-corrected chi connectivity index (χ1v) is 11.6. The smallest absolute Gasteiger partial charge is 0.237 e. The van der Waals surface area contributed by atoms with Gasteiger partial charge in [0.1, 0.15) is 5.82 Å². The van der Waals surface area contributed by atoms with E-state index in [-0.39, 0.29) is 23.3 Å². The average molecular weight is 449 g/mol. The Morgan fingerprint density at radius 1 is 1.37 bits per heavy atom. The number of carbonyl (C=O) groups is 1. The van der Waals surface area contributed by atoms with Crippen LogP contribution in [0.3, 0.4) is 0 Å². The van der Waals surface area contributed by atoms with Crippen LogP contribution >= 0.6 is 35.0 Å². The molecule has 2 unspecified atom stereocenters. The molecule has 0 spiro atoms. The maximum absolute atomic E-state index is 12.5. The van der Waals surface area contributed by atoms with Gasteiger partial charge in [0.15, 0.2) is 15.0 Å². The van der Waals surface area contributed by atoms with Crippen molar-refractivity contribution in [2.24, 2.45) is 7.05 Å². The number of hydrogen-bond acceptors (Lipinski definition) is 6. The van der Waals surface area contributed by atoms with E-state index in [2.05, 4.69) is 15.5 Å².